The molecule has 0 N–H and O–H groups in total. The van der Waals surface area contributed by atoms with Crippen molar-refractivity contribution in [3.8, 4) is 0 Å². The van der Waals surface area contributed by atoms with E-state index in [0.29, 0.717) is 18.3 Å². The van der Waals surface area contributed by atoms with Gasteiger partial charge in [-0.05, 0) is 68.3 Å². The topological polar surface area (TPSA) is 0 Å². The van der Waals surface area contributed by atoms with Crippen molar-refractivity contribution in [3.63, 3.8) is 0 Å². The van der Waals surface area contributed by atoms with Crippen LogP contribution in [0.2, 0.25) is 0 Å². The normalized spacial score (nSPS) is 12.5. The molecule has 0 nitrogen and oxygen atoms in total. The van der Waals surface area contributed by atoms with Crippen LogP contribution >= 0.6 is 87.2 Å². The van der Waals surface area contributed by atoms with Crippen molar-refractivity contribution in [3.05, 3.63) is 54.3 Å². The minimum atomic E-state index is -3.60. The van der Waals surface area contributed by atoms with E-state index in [9.17, 15) is 17.6 Å². The van der Waals surface area contributed by atoms with Crippen molar-refractivity contribution >= 4 is 87.2 Å². The average molecular weight is 662 g/mol. The molecule has 0 saturated carbocycles. The molecular weight excluding hydrogens is 652 g/mol. The maximum Gasteiger partial charge on any atom is 0.304 e. The Bertz CT molecular complexity index is 787. The summed E-state index contributed by atoms with van der Waals surface area (Å²) in [6.07, 6.45) is -1.53. The van der Waals surface area contributed by atoms with Gasteiger partial charge in [0.1, 0.15) is 0 Å². The van der Waals surface area contributed by atoms with Gasteiger partial charge in [-0.3, -0.25) is 0 Å². The number of halogens is 8. The molecule has 0 bridgehead atoms. The number of hydrogen-bond donors (Lipinski definition) is 0. The van der Waals surface area contributed by atoms with E-state index in [1.54, 1.807) is 30.3 Å². The van der Waals surface area contributed by atoms with Crippen LogP contribution in [0.1, 0.15) is 6.42 Å². The number of benzene rings is 2. The van der Waals surface area contributed by atoms with Gasteiger partial charge in [0.05, 0.1) is 12.2 Å². The van der Waals surface area contributed by atoms with Gasteiger partial charge in [-0.25, -0.2) is 8.78 Å². The van der Waals surface area contributed by atoms with Gasteiger partial charge in [0.15, 0.2) is 0 Å². The lowest BCUT2D eigenvalue weighted by Crippen LogP contribution is -2.29. The summed E-state index contributed by atoms with van der Waals surface area (Å²) in [5.74, 6) is -4.25. The van der Waals surface area contributed by atoms with E-state index >= 15 is 0 Å². The van der Waals surface area contributed by atoms with Crippen molar-refractivity contribution in [2.75, 3.05) is 5.75 Å². The van der Waals surface area contributed by atoms with Gasteiger partial charge in [0.2, 0.25) is 0 Å². The first-order valence-electron chi connectivity index (χ1n) is 6.95. The first-order valence-corrected chi connectivity index (χ1v) is 11.9. The van der Waals surface area contributed by atoms with Crippen LogP contribution < -0.4 is 0 Å². The predicted octanol–water partition coefficient (Wildman–Crippen LogP) is 9.24. The van der Waals surface area contributed by atoms with Crippen LogP contribution in [-0.4, -0.2) is 16.9 Å². The predicted molar refractivity (Wildman–Crippen MR) is 115 cm³/mol. The Morgan fingerprint density at radius 3 is 1.77 bits per heavy atom. The smallest absolute Gasteiger partial charge is 0.206 e. The van der Waals surface area contributed by atoms with E-state index in [4.69, 9.17) is 0 Å². The number of rotatable bonds is 7. The molecule has 10 heteroatoms. The van der Waals surface area contributed by atoms with Gasteiger partial charge in [-0.15, -0.1) is 11.8 Å². The third-order valence-electron chi connectivity index (χ3n) is 2.95. The molecule has 142 valence electrons. The first kappa shape index (κ1) is 23.1. The molecule has 0 fully saturated rings. The maximum atomic E-state index is 14.2. The Balaban J connectivity index is 2.01. The zero-order valence-corrected chi connectivity index (χ0v) is 20.7. The minimum Gasteiger partial charge on any atom is -0.206 e. The second kappa shape index (κ2) is 9.52. The van der Waals surface area contributed by atoms with E-state index < -0.39 is 23.4 Å². The molecular formula is C16H10Br4F4S2. The summed E-state index contributed by atoms with van der Waals surface area (Å²) in [7, 11) is 0. The molecule has 0 aliphatic carbocycles. The fourth-order valence-electron chi connectivity index (χ4n) is 1.88. The fourth-order valence-corrected chi connectivity index (χ4v) is 6.29. The Morgan fingerprint density at radius 2 is 1.27 bits per heavy atom. The second-order valence-corrected chi connectivity index (χ2v) is 11.0. The zero-order valence-electron chi connectivity index (χ0n) is 12.7. The highest BCUT2D eigenvalue weighted by atomic mass is 79.9. The lowest BCUT2D eigenvalue weighted by atomic mass is 10.3. The standard InChI is InChI=1S/C16H10Br4F4S2/c17-9-1-3-13(11(19)5-9)25-8-15(21,22)7-16(23,24)26-14-4-2-10(18)6-12(14)20/h1-6H,7-8H2. The molecule has 26 heavy (non-hydrogen) atoms. The van der Waals surface area contributed by atoms with E-state index in [1.165, 1.54) is 6.07 Å². The first-order chi connectivity index (χ1) is 12.0. The van der Waals surface area contributed by atoms with Crippen molar-refractivity contribution in [2.24, 2.45) is 0 Å². The third-order valence-corrected chi connectivity index (χ3v) is 8.03. The summed E-state index contributed by atoms with van der Waals surface area (Å²) in [4.78, 5) is 0.775. The molecule has 2 aromatic rings. The van der Waals surface area contributed by atoms with E-state index in [0.717, 1.165) is 16.2 Å². The van der Waals surface area contributed by atoms with Crippen LogP contribution in [0, 0.1) is 0 Å². The fraction of sp³-hybridized carbons (Fsp3) is 0.250. The molecule has 0 aromatic heterocycles. The van der Waals surface area contributed by atoms with Crippen LogP contribution in [-0.2, 0) is 0 Å². The van der Waals surface area contributed by atoms with Gasteiger partial charge >= 0.3 is 5.25 Å². The van der Waals surface area contributed by atoms with Gasteiger partial charge in [0, 0.05) is 27.7 Å². The second-order valence-electron chi connectivity index (χ2n) is 5.21. The summed E-state index contributed by atoms with van der Waals surface area (Å²) >= 11 is 13.9. The van der Waals surface area contributed by atoms with Crippen LogP contribution in [0.15, 0.2) is 64.1 Å². The van der Waals surface area contributed by atoms with Crippen molar-refractivity contribution in [1.29, 1.82) is 0 Å². The van der Waals surface area contributed by atoms with Gasteiger partial charge in [-0.2, -0.15) is 8.78 Å². The maximum absolute atomic E-state index is 14.2. The Morgan fingerprint density at radius 1 is 0.769 bits per heavy atom. The summed E-state index contributed by atoms with van der Waals surface area (Å²) in [5, 5.41) is -3.60. The number of hydrogen-bond acceptors (Lipinski definition) is 2. The Labute approximate surface area is 190 Å². The largest absolute Gasteiger partial charge is 0.304 e. The molecule has 0 saturated heterocycles. The van der Waals surface area contributed by atoms with Crippen LogP contribution in [0.3, 0.4) is 0 Å². The lowest BCUT2D eigenvalue weighted by Gasteiger charge is -2.23. The lowest BCUT2D eigenvalue weighted by molar-refractivity contribution is -0.0492. The van der Waals surface area contributed by atoms with Gasteiger partial charge in [0.25, 0.3) is 5.92 Å². The van der Waals surface area contributed by atoms with Crippen LogP contribution in [0.25, 0.3) is 0 Å². The highest BCUT2D eigenvalue weighted by Crippen LogP contribution is 2.46. The molecule has 0 radical (unpaired) electrons. The van der Waals surface area contributed by atoms with Crippen LogP contribution in [0.5, 0.6) is 0 Å². The summed E-state index contributed by atoms with van der Waals surface area (Å²) < 4.78 is 59.1. The Kier molecular flexibility index (Phi) is 8.44. The quantitative estimate of drug-likeness (QED) is 0.214. The third kappa shape index (κ3) is 7.31. The molecule has 0 amide bonds. The van der Waals surface area contributed by atoms with Gasteiger partial charge in [-0.1, -0.05) is 43.6 Å². The summed E-state index contributed by atoms with van der Waals surface area (Å²) in [6.45, 7) is 0. The monoisotopic (exact) mass is 658 g/mol. The van der Waals surface area contributed by atoms with E-state index in [2.05, 4.69) is 63.7 Å². The van der Waals surface area contributed by atoms with Crippen LogP contribution in [0.4, 0.5) is 17.6 Å². The van der Waals surface area contributed by atoms with Gasteiger partial charge < -0.3 is 0 Å². The van der Waals surface area contributed by atoms with Crippen molar-refractivity contribution in [2.45, 2.75) is 27.4 Å². The SMILES string of the molecule is FC(F)(CSc1ccc(Br)cc1Br)CC(F)(F)Sc1ccc(Br)cc1Br. The molecule has 2 aromatic carbocycles. The molecule has 0 atom stereocenters. The molecule has 0 aliphatic heterocycles. The van der Waals surface area contributed by atoms with Crippen molar-refractivity contribution in [1.82, 2.24) is 0 Å². The minimum absolute atomic E-state index is 0.129. The molecule has 0 spiro atoms. The average Bonchev–Trinajstić information content (AvgIpc) is 2.48. The molecule has 0 heterocycles. The summed E-state index contributed by atoms with van der Waals surface area (Å²) in [5.41, 5.74) is 0. The van der Waals surface area contributed by atoms with Crippen molar-refractivity contribution < 1.29 is 17.6 Å². The molecule has 0 unspecified atom stereocenters. The van der Waals surface area contributed by atoms with E-state index in [1.807, 2.05) is 0 Å². The van der Waals surface area contributed by atoms with E-state index in [-0.39, 0.29) is 16.7 Å². The number of thioether (sulfide) groups is 2. The molecule has 2 rings (SSSR count). The Hall–Kier alpha value is 0.780. The highest BCUT2D eigenvalue weighted by molar-refractivity contribution is 9.11. The summed E-state index contributed by atoms with van der Waals surface area (Å²) in [6, 6.07) is 9.72. The molecule has 0 aliphatic rings. The highest BCUT2D eigenvalue weighted by Gasteiger charge is 2.44. The number of alkyl halides is 4. The zero-order chi connectivity index (χ0) is 19.5.